The van der Waals surface area contributed by atoms with E-state index in [1.54, 1.807) is 6.08 Å². The van der Waals surface area contributed by atoms with Crippen LogP contribution >= 0.6 is 0 Å². The van der Waals surface area contributed by atoms with Gasteiger partial charge in [0.25, 0.3) is 0 Å². The number of rotatable bonds is 71. The summed E-state index contributed by atoms with van der Waals surface area (Å²) in [7, 11) is 0. The molecule has 3 N–H and O–H groups in total. The second-order valence-electron chi connectivity index (χ2n) is 26.0. The van der Waals surface area contributed by atoms with Crippen molar-refractivity contribution in [3.05, 3.63) is 24.3 Å². The van der Waals surface area contributed by atoms with E-state index in [4.69, 9.17) is 4.74 Å². The van der Waals surface area contributed by atoms with Gasteiger partial charge in [0.2, 0.25) is 5.91 Å². The van der Waals surface area contributed by atoms with E-state index in [-0.39, 0.29) is 18.5 Å². The van der Waals surface area contributed by atoms with Gasteiger partial charge in [0.05, 0.1) is 25.4 Å². The summed E-state index contributed by atoms with van der Waals surface area (Å²) in [6, 6.07) is -0.626. The summed E-state index contributed by atoms with van der Waals surface area (Å²) in [6.07, 6.45) is 91.4. The number of carbonyl (C=O) groups is 2. The number of ether oxygens (including phenoxy) is 1. The standard InChI is InChI=1S/C76H147NO5/c1-3-5-7-9-11-13-15-16-17-18-19-20-21-30-33-36-39-42-45-49-52-56-60-64-68-74(79)73(72-78)77-75(80)69-65-61-57-53-50-46-43-40-37-34-31-28-26-24-22-23-25-27-29-32-35-38-41-44-47-51-55-59-63-67-71-82-76(81)70-66-62-58-54-48-14-12-10-8-6-4-2/h10,12,64,68,73-74,78-79H,3-9,11,13-63,65-67,69-72H2,1-2H3,(H,77,80)/b12-10-,68-64+. The Morgan fingerprint density at radius 1 is 0.329 bits per heavy atom. The Morgan fingerprint density at radius 2 is 0.585 bits per heavy atom. The third kappa shape index (κ3) is 67.5. The van der Waals surface area contributed by atoms with E-state index >= 15 is 0 Å². The Kier molecular flexibility index (Phi) is 70.4. The highest BCUT2D eigenvalue weighted by molar-refractivity contribution is 5.76. The number of amides is 1. The molecule has 0 saturated heterocycles. The van der Waals surface area contributed by atoms with Crippen LogP contribution in [0.3, 0.4) is 0 Å². The van der Waals surface area contributed by atoms with Crippen molar-refractivity contribution < 1.29 is 24.5 Å². The van der Waals surface area contributed by atoms with Gasteiger partial charge in [0.15, 0.2) is 0 Å². The fourth-order valence-electron chi connectivity index (χ4n) is 12.0. The Morgan fingerprint density at radius 3 is 0.902 bits per heavy atom. The maximum Gasteiger partial charge on any atom is 0.305 e. The number of nitrogens with one attached hydrogen (secondary N) is 1. The van der Waals surface area contributed by atoms with Gasteiger partial charge in [-0.1, -0.05) is 385 Å². The maximum atomic E-state index is 12.5. The molecule has 486 valence electrons. The van der Waals surface area contributed by atoms with Crippen LogP contribution in [0.5, 0.6) is 0 Å². The van der Waals surface area contributed by atoms with Crippen LogP contribution in [-0.2, 0) is 14.3 Å². The predicted octanol–water partition coefficient (Wildman–Crippen LogP) is 24.5. The molecule has 0 heterocycles. The maximum absolute atomic E-state index is 12.5. The number of aliphatic hydroxyl groups excluding tert-OH is 2. The summed E-state index contributed by atoms with van der Waals surface area (Å²) in [6.45, 7) is 4.91. The molecule has 0 aromatic carbocycles. The molecule has 82 heavy (non-hydrogen) atoms. The fraction of sp³-hybridized carbons (Fsp3) is 0.921. The Hall–Kier alpha value is -1.66. The number of esters is 1. The summed E-state index contributed by atoms with van der Waals surface area (Å²) in [4.78, 5) is 24.6. The highest BCUT2D eigenvalue weighted by atomic mass is 16.5. The molecule has 0 fully saturated rings. The molecule has 1 amide bonds. The van der Waals surface area contributed by atoms with Crippen molar-refractivity contribution in [2.24, 2.45) is 0 Å². The molecule has 2 unspecified atom stereocenters. The van der Waals surface area contributed by atoms with E-state index in [1.165, 1.54) is 353 Å². The van der Waals surface area contributed by atoms with Crippen LogP contribution in [-0.4, -0.2) is 47.4 Å². The topological polar surface area (TPSA) is 95.9 Å². The lowest BCUT2D eigenvalue weighted by Crippen LogP contribution is -2.45. The molecule has 0 aliphatic heterocycles. The first-order valence-electron chi connectivity index (χ1n) is 37.6. The Bertz CT molecular complexity index is 1280. The number of allylic oxidation sites excluding steroid dienone is 3. The lowest BCUT2D eigenvalue weighted by atomic mass is 10.0. The molecule has 6 heteroatoms. The van der Waals surface area contributed by atoms with Crippen LogP contribution < -0.4 is 5.32 Å². The highest BCUT2D eigenvalue weighted by Crippen LogP contribution is 2.20. The lowest BCUT2D eigenvalue weighted by molar-refractivity contribution is -0.143. The zero-order valence-electron chi connectivity index (χ0n) is 55.8. The second kappa shape index (κ2) is 71.8. The van der Waals surface area contributed by atoms with Gasteiger partial charge in [-0.05, 0) is 51.4 Å². The molecule has 6 nitrogen and oxygen atoms in total. The highest BCUT2D eigenvalue weighted by Gasteiger charge is 2.18. The molecule has 0 rings (SSSR count). The summed E-state index contributed by atoms with van der Waals surface area (Å²) in [5.74, 6) is -0.0497. The minimum Gasteiger partial charge on any atom is -0.466 e. The van der Waals surface area contributed by atoms with Crippen molar-refractivity contribution >= 4 is 11.9 Å². The lowest BCUT2D eigenvalue weighted by Gasteiger charge is -2.20. The van der Waals surface area contributed by atoms with Gasteiger partial charge in [-0.3, -0.25) is 9.59 Å². The van der Waals surface area contributed by atoms with E-state index in [1.807, 2.05) is 6.08 Å². The molecular weight excluding hydrogens is 1010 g/mol. The van der Waals surface area contributed by atoms with Crippen LogP contribution in [0.2, 0.25) is 0 Å². The molecule has 0 bridgehead atoms. The zero-order valence-corrected chi connectivity index (χ0v) is 55.8. The largest absolute Gasteiger partial charge is 0.466 e. The molecule has 2 atom stereocenters. The van der Waals surface area contributed by atoms with Gasteiger partial charge >= 0.3 is 5.97 Å². The molecule has 0 aromatic rings. The third-order valence-electron chi connectivity index (χ3n) is 17.7. The second-order valence-corrected chi connectivity index (χ2v) is 26.0. The molecule has 0 radical (unpaired) electrons. The van der Waals surface area contributed by atoms with Crippen LogP contribution in [0, 0.1) is 0 Å². The fourth-order valence-corrected chi connectivity index (χ4v) is 12.0. The average molecular weight is 1160 g/mol. The van der Waals surface area contributed by atoms with Gasteiger partial charge in [0, 0.05) is 12.8 Å². The summed E-state index contributed by atoms with van der Waals surface area (Å²) < 4.78 is 5.47. The van der Waals surface area contributed by atoms with Crippen molar-refractivity contribution in [2.75, 3.05) is 13.2 Å². The van der Waals surface area contributed by atoms with Gasteiger partial charge in [-0.25, -0.2) is 0 Å². The molecule has 0 aliphatic rings. The minimum atomic E-state index is -0.843. The average Bonchev–Trinajstić information content (AvgIpc) is 3.48. The number of unbranched alkanes of at least 4 members (excludes halogenated alkanes) is 58. The van der Waals surface area contributed by atoms with Crippen molar-refractivity contribution in [1.29, 1.82) is 0 Å². The van der Waals surface area contributed by atoms with Crippen molar-refractivity contribution in [3.8, 4) is 0 Å². The zero-order chi connectivity index (χ0) is 59.2. The molecule has 0 saturated carbocycles. The minimum absolute atomic E-state index is 0.00938. The Labute approximate surface area is 513 Å². The number of hydrogen-bond donors (Lipinski definition) is 3. The van der Waals surface area contributed by atoms with Crippen molar-refractivity contribution in [3.63, 3.8) is 0 Å². The van der Waals surface area contributed by atoms with Crippen LogP contribution in [0.25, 0.3) is 0 Å². The molecule has 0 aromatic heterocycles. The number of aliphatic hydroxyl groups is 2. The van der Waals surface area contributed by atoms with Crippen molar-refractivity contribution in [1.82, 2.24) is 5.32 Å². The van der Waals surface area contributed by atoms with E-state index in [0.29, 0.717) is 19.4 Å². The summed E-state index contributed by atoms with van der Waals surface area (Å²) in [5, 5.41) is 23.3. The molecular formula is C76H147NO5. The monoisotopic (exact) mass is 1150 g/mol. The van der Waals surface area contributed by atoms with E-state index < -0.39 is 12.1 Å². The van der Waals surface area contributed by atoms with Gasteiger partial charge < -0.3 is 20.3 Å². The predicted molar refractivity (Wildman–Crippen MR) is 361 cm³/mol. The Balaban J connectivity index is 3.37. The van der Waals surface area contributed by atoms with Crippen LogP contribution in [0.15, 0.2) is 24.3 Å². The van der Waals surface area contributed by atoms with E-state index in [2.05, 4.69) is 31.3 Å². The van der Waals surface area contributed by atoms with Crippen LogP contribution in [0.4, 0.5) is 0 Å². The van der Waals surface area contributed by atoms with E-state index in [9.17, 15) is 19.8 Å². The summed E-state index contributed by atoms with van der Waals surface area (Å²) >= 11 is 0. The van der Waals surface area contributed by atoms with E-state index in [0.717, 1.165) is 44.9 Å². The first-order chi connectivity index (χ1) is 40.5. The normalized spacial score (nSPS) is 12.6. The smallest absolute Gasteiger partial charge is 0.305 e. The first kappa shape index (κ1) is 80.3. The van der Waals surface area contributed by atoms with Gasteiger partial charge in [-0.15, -0.1) is 0 Å². The quantitative estimate of drug-likeness (QED) is 0.0320. The van der Waals surface area contributed by atoms with Gasteiger partial charge in [0.1, 0.15) is 0 Å². The molecule has 0 spiro atoms. The number of hydrogen-bond acceptors (Lipinski definition) is 5. The first-order valence-corrected chi connectivity index (χ1v) is 37.6. The SMILES string of the molecule is CCCC/C=C\CCCCCCCC(=O)OCCCCCCCCCCCCCCCCCCCCCCCCCCCCCCCCC(=O)NC(CO)C(O)/C=C/CCCCCCCCCCCCCCCCCCCCCCCC. The third-order valence-corrected chi connectivity index (χ3v) is 17.7. The van der Waals surface area contributed by atoms with Crippen molar-refractivity contribution in [2.45, 2.75) is 437 Å². The van der Waals surface area contributed by atoms with Crippen LogP contribution in [0.1, 0.15) is 425 Å². The summed E-state index contributed by atoms with van der Waals surface area (Å²) in [5.41, 5.74) is 0. The molecule has 0 aliphatic carbocycles. The van der Waals surface area contributed by atoms with Gasteiger partial charge in [-0.2, -0.15) is 0 Å². The number of carbonyl (C=O) groups excluding carboxylic acids is 2.